The Kier molecular flexibility index (Phi) is 3.36. The fourth-order valence-electron chi connectivity index (χ4n) is 2.24. The molecule has 3 aromatic rings. The Labute approximate surface area is 126 Å². The highest BCUT2D eigenvalue weighted by molar-refractivity contribution is 7.18. The molecule has 0 atom stereocenters. The molecule has 0 radical (unpaired) electrons. The standard InChI is InChI=1S/C15H14ClN3S/c1-8-4-9(2)6-11(5-8)17-15-18-13(16)12-7-10(3)20-14(12)19-15/h4-7H,1-3H3,(H,17,18,19). The number of aryl methyl sites for hydroxylation is 3. The summed E-state index contributed by atoms with van der Waals surface area (Å²) in [6, 6.07) is 8.27. The van der Waals surface area contributed by atoms with Gasteiger partial charge in [-0.1, -0.05) is 17.7 Å². The Bertz CT molecular complexity index is 775. The van der Waals surface area contributed by atoms with Crippen LogP contribution in [0.3, 0.4) is 0 Å². The molecule has 102 valence electrons. The summed E-state index contributed by atoms with van der Waals surface area (Å²) in [7, 11) is 0. The summed E-state index contributed by atoms with van der Waals surface area (Å²) in [6.07, 6.45) is 0. The minimum absolute atomic E-state index is 0.492. The van der Waals surface area contributed by atoms with Gasteiger partial charge in [0.1, 0.15) is 9.98 Å². The molecule has 1 aromatic carbocycles. The van der Waals surface area contributed by atoms with Crippen molar-refractivity contribution in [2.45, 2.75) is 20.8 Å². The van der Waals surface area contributed by atoms with Gasteiger partial charge in [-0.25, -0.2) is 9.97 Å². The molecule has 0 fully saturated rings. The minimum Gasteiger partial charge on any atom is -0.324 e. The van der Waals surface area contributed by atoms with Crippen molar-refractivity contribution in [3.63, 3.8) is 0 Å². The molecule has 1 N–H and O–H groups in total. The summed E-state index contributed by atoms with van der Waals surface area (Å²) in [5, 5.41) is 4.64. The van der Waals surface area contributed by atoms with E-state index in [2.05, 4.69) is 47.3 Å². The number of hydrogen-bond donors (Lipinski definition) is 1. The molecule has 2 aromatic heterocycles. The van der Waals surface area contributed by atoms with Crippen molar-refractivity contribution in [2.24, 2.45) is 0 Å². The van der Waals surface area contributed by atoms with E-state index in [4.69, 9.17) is 11.6 Å². The van der Waals surface area contributed by atoms with E-state index in [0.29, 0.717) is 11.1 Å². The van der Waals surface area contributed by atoms with Crippen LogP contribution in [0.2, 0.25) is 5.15 Å². The first-order valence-corrected chi connectivity index (χ1v) is 7.50. The molecule has 0 unspecified atom stereocenters. The SMILES string of the molecule is Cc1cc(C)cc(Nc2nc(Cl)c3cc(C)sc3n2)c1. The van der Waals surface area contributed by atoms with E-state index in [1.54, 1.807) is 11.3 Å². The molecule has 5 heteroatoms. The first kappa shape index (κ1) is 13.3. The zero-order valence-corrected chi connectivity index (χ0v) is 13.1. The zero-order chi connectivity index (χ0) is 14.3. The van der Waals surface area contributed by atoms with Crippen molar-refractivity contribution < 1.29 is 0 Å². The van der Waals surface area contributed by atoms with Gasteiger partial charge < -0.3 is 5.32 Å². The van der Waals surface area contributed by atoms with Gasteiger partial charge in [0.25, 0.3) is 0 Å². The van der Waals surface area contributed by atoms with Gasteiger partial charge in [-0.05, 0) is 50.1 Å². The molecular weight excluding hydrogens is 290 g/mol. The predicted octanol–water partition coefficient (Wildman–Crippen LogP) is 5.01. The van der Waals surface area contributed by atoms with Gasteiger partial charge >= 0.3 is 0 Å². The number of nitrogens with one attached hydrogen (secondary N) is 1. The molecule has 0 bridgehead atoms. The summed E-state index contributed by atoms with van der Waals surface area (Å²) in [6.45, 7) is 6.18. The molecule has 3 rings (SSSR count). The fraction of sp³-hybridized carbons (Fsp3) is 0.200. The van der Waals surface area contributed by atoms with Crippen molar-refractivity contribution >= 4 is 44.8 Å². The van der Waals surface area contributed by atoms with Crippen LogP contribution >= 0.6 is 22.9 Å². The van der Waals surface area contributed by atoms with Crippen molar-refractivity contribution in [1.29, 1.82) is 0 Å². The second kappa shape index (κ2) is 5.04. The van der Waals surface area contributed by atoms with Gasteiger partial charge in [-0.3, -0.25) is 0 Å². The minimum atomic E-state index is 0.492. The van der Waals surface area contributed by atoms with Gasteiger partial charge in [-0.15, -0.1) is 11.3 Å². The van der Waals surface area contributed by atoms with Crippen LogP contribution in [-0.4, -0.2) is 9.97 Å². The van der Waals surface area contributed by atoms with Crippen molar-refractivity contribution in [3.8, 4) is 0 Å². The van der Waals surface area contributed by atoms with E-state index in [0.717, 1.165) is 15.9 Å². The molecule has 0 spiro atoms. The van der Waals surface area contributed by atoms with E-state index in [1.807, 2.05) is 13.0 Å². The van der Waals surface area contributed by atoms with Gasteiger partial charge in [-0.2, -0.15) is 0 Å². The van der Waals surface area contributed by atoms with E-state index in [9.17, 15) is 0 Å². The molecular formula is C15H14ClN3S. The lowest BCUT2D eigenvalue weighted by Gasteiger charge is -2.07. The summed E-state index contributed by atoms with van der Waals surface area (Å²) >= 11 is 7.84. The molecule has 0 aliphatic carbocycles. The molecule has 0 aliphatic heterocycles. The lowest BCUT2D eigenvalue weighted by molar-refractivity contribution is 1.22. The van der Waals surface area contributed by atoms with Crippen molar-refractivity contribution in [2.75, 3.05) is 5.32 Å². The van der Waals surface area contributed by atoms with Crippen molar-refractivity contribution in [1.82, 2.24) is 9.97 Å². The van der Waals surface area contributed by atoms with Crippen LogP contribution in [0.25, 0.3) is 10.2 Å². The average molecular weight is 304 g/mol. The molecule has 0 saturated carbocycles. The lowest BCUT2D eigenvalue weighted by atomic mass is 10.1. The van der Waals surface area contributed by atoms with E-state index >= 15 is 0 Å². The summed E-state index contributed by atoms with van der Waals surface area (Å²) in [5.74, 6) is 0.536. The molecule has 0 aliphatic rings. The Balaban J connectivity index is 2.01. The second-order valence-electron chi connectivity index (χ2n) is 4.92. The topological polar surface area (TPSA) is 37.8 Å². The first-order chi connectivity index (χ1) is 9.51. The van der Waals surface area contributed by atoms with Gasteiger partial charge in [0.2, 0.25) is 5.95 Å². The highest BCUT2D eigenvalue weighted by Gasteiger charge is 2.09. The van der Waals surface area contributed by atoms with Crippen LogP contribution in [0.1, 0.15) is 16.0 Å². The summed E-state index contributed by atoms with van der Waals surface area (Å²) < 4.78 is 0. The number of benzene rings is 1. The second-order valence-corrected chi connectivity index (χ2v) is 6.51. The number of fused-ring (bicyclic) bond motifs is 1. The summed E-state index contributed by atoms with van der Waals surface area (Å²) in [5.41, 5.74) is 3.38. The molecule has 0 amide bonds. The normalized spacial score (nSPS) is 11.0. The van der Waals surface area contributed by atoms with Crippen LogP contribution in [0.15, 0.2) is 24.3 Å². The Hall–Kier alpha value is -1.65. The van der Waals surface area contributed by atoms with Crippen LogP contribution in [0.5, 0.6) is 0 Å². The number of anilines is 2. The molecule has 2 heterocycles. The maximum Gasteiger partial charge on any atom is 0.230 e. The number of aromatic nitrogens is 2. The Morgan fingerprint density at radius 2 is 1.70 bits per heavy atom. The quantitative estimate of drug-likeness (QED) is 0.676. The zero-order valence-electron chi connectivity index (χ0n) is 11.5. The van der Waals surface area contributed by atoms with Crippen LogP contribution in [0, 0.1) is 20.8 Å². The van der Waals surface area contributed by atoms with Gasteiger partial charge in [0.15, 0.2) is 0 Å². The Morgan fingerprint density at radius 3 is 2.40 bits per heavy atom. The van der Waals surface area contributed by atoms with E-state index in [1.165, 1.54) is 16.0 Å². The van der Waals surface area contributed by atoms with Crippen LogP contribution in [-0.2, 0) is 0 Å². The molecule has 20 heavy (non-hydrogen) atoms. The fourth-order valence-corrected chi connectivity index (χ4v) is 3.40. The summed E-state index contributed by atoms with van der Waals surface area (Å²) in [4.78, 5) is 10.9. The van der Waals surface area contributed by atoms with E-state index in [-0.39, 0.29) is 0 Å². The largest absolute Gasteiger partial charge is 0.324 e. The Morgan fingerprint density at radius 1 is 1.00 bits per heavy atom. The van der Waals surface area contributed by atoms with Gasteiger partial charge in [0.05, 0.1) is 0 Å². The smallest absolute Gasteiger partial charge is 0.230 e. The highest BCUT2D eigenvalue weighted by atomic mass is 35.5. The third-order valence-corrected chi connectivity index (χ3v) is 4.18. The van der Waals surface area contributed by atoms with E-state index < -0.39 is 0 Å². The number of hydrogen-bond acceptors (Lipinski definition) is 4. The maximum absolute atomic E-state index is 6.22. The number of halogens is 1. The van der Waals surface area contributed by atoms with Gasteiger partial charge in [0, 0.05) is 16.0 Å². The molecule has 3 nitrogen and oxygen atoms in total. The third kappa shape index (κ3) is 2.62. The first-order valence-electron chi connectivity index (χ1n) is 6.30. The number of rotatable bonds is 2. The van der Waals surface area contributed by atoms with Crippen molar-refractivity contribution in [3.05, 3.63) is 45.4 Å². The lowest BCUT2D eigenvalue weighted by Crippen LogP contribution is -1.97. The number of nitrogens with zero attached hydrogens (tertiary/aromatic N) is 2. The van der Waals surface area contributed by atoms with Crippen LogP contribution < -0.4 is 5.32 Å². The van der Waals surface area contributed by atoms with Crippen LogP contribution in [0.4, 0.5) is 11.6 Å². The average Bonchev–Trinajstić information content (AvgIpc) is 2.68. The predicted molar refractivity (Wildman–Crippen MR) is 86.4 cm³/mol. The highest BCUT2D eigenvalue weighted by Crippen LogP contribution is 2.30. The molecule has 0 saturated heterocycles. The maximum atomic E-state index is 6.22. The third-order valence-electron chi connectivity index (χ3n) is 2.95. The number of thiophene rings is 1. The monoisotopic (exact) mass is 303 g/mol.